The molecule has 12 heteroatoms. The van der Waals surface area contributed by atoms with Crippen molar-refractivity contribution in [2.45, 2.75) is 31.9 Å². The highest BCUT2D eigenvalue weighted by molar-refractivity contribution is 6.09. The van der Waals surface area contributed by atoms with Gasteiger partial charge in [-0.15, -0.1) is 0 Å². The number of carbonyl (C=O) groups excluding carboxylic acids is 2. The van der Waals surface area contributed by atoms with Gasteiger partial charge in [0.25, 0.3) is 5.91 Å². The second-order valence-electron chi connectivity index (χ2n) is 9.84. The standard InChI is InChI=1S/C28H27F3N6O3/c1-40-21-11-9-20(10-12-21)37-24-22(25(33-37)28(29,30)31)13-17-34(26(24)39)18-5-7-19(8-6-18)35-16-3-14-32-27(35)36-15-2-4-23(36)38/h5-12H,2-4,13-17H2,1H3. The number of hydrogen-bond donors (Lipinski definition) is 0. The second-order valence-corrected chi connectivity index (χ2v) is 9.84. The number of nitrogens with zero attached hydrogens (tertiary/aromatic N) is 6. The lowest BCUT2D eigenvalue weighted by molar-refractivity contribution is -0.142. The highest BCUT2D eigenvalue weighted by Crippen LogP contribution is 2.37. The van der Waals surface area contributed by atoms with Crippen LogP contribution in [0.2, 0.25) is 0 Å². The number of hydrogen-bond acceptors (Lipinski definition) is 6. The summed E-state index contributed by atoms with van der Waals surface area (Å²) in [5.41, 5.74) is 0.454. The van der Waals surface area contributed by atoms with Crippen LogP contribution >= 0.6 is 0 Å². The van der Waals surface area contributed by atoms with Gasteiger partial charge in [-0.25, -0.2) is 4.68 Å². The van der Waals surface area contributed by atoms with E-state index in [2.05, 4.69) is 10.1 Å². The zero-order valence-electron chi connectivity index (χ0n) is 21.8. The van der Waals surface area contributed by atoms with E-state index in [1.165, 1.54) is 12.0 Å². The number of anilines is 2. The van der Waals surface area contributed by atoms with Crippen molar-refractivity contribution in [3.8, 4) is 11.4 Å². The van der Waals surface area contributed by atoms with Crippen molar-refractivity contribution in [3.05, 3.63) is 65.5 Å². The molecule has 4 heterocycles. The minimum atomic E-state index is -4.70. The van der Waals surface area contributed by atoms with Crippen LogP contribution in [0.5, 0.6) is 5.75 Å². The second kappa shape index (κ2) is 10.00. The molecule has 0 saturated carbocycles. The molecular weight excluding hydrogens is 525 g/mol. The molecule has 1 aromatic heterocycles. The van der Waals surface area contributed by atoms with Crippen molar-refractivity contribution in [2.75, 3.05) is 43.1 Å². The number of fused-ring (bicyclic) bond motifs is 1. The molecule has 1 saturated heterocycles. The lowest BCUT2D eigenvalue weighted by Gasteiger charge is -2.34. The van der Waals surface area contributed by atoms with E-state index in [-0.39, 0.29) is 30.1 Å². The average Bonchev–Trinajstić information content (AvgIpc) is 3.58. The summed E-state index contributed by atoms with van der Waals surface area (Å²) >= 11 is 0. The van der Waals surface area contributed by atoms with Gasteiger partial charge in [-0.1, -0.05) is 0 Å². The Morgan fingerprint density at radius 3 is 2.08 bits per heavy atom. The molecular formula is C28H27F3N6O3. The van der Waals surface area contributed by atoms with Crippen molar-refractivity contribution in [1.82, 2.24) is 14.7 Å². The minimum absolute atomic E-state index is 0.00776. The Kier molecular flexibility index (Phi) is 6.47. The molecule has 0 spiro atoms. The summed E-state index contributed by atoms with van der Waals surface area (Å²) in [6, 6.07) is 13.6. The zero-order chi connectivity index (χ0) is 28.0. The summed E-state index contributed by atoms with van der Waals surface area (Å²) < 4.78 is 47.9. The predicted octanol–water partition coefficient (Wildman–Crippen LogP) is 4.29. The van der Waals surface area contributed by atoms with Crippen molar-refractivity contribution >= 4 is 29.1 Å². The molecule has 0 N–H and O–H groups in total. The quantitative estimate of drug-likeness (QED) is 0.482. The molecule has 0 unspecified atom stereocenters. The molecule has 0 aliphatic carbocycles. The zero-order valence-corrected chi connectivity index (χ0v) is 21.8. The number of likely N-dealkylation sites (tertiary alicyclic amines) is 1. The number of rotatable bonds is 4. The molecule has 0 atom stereocenters. The van der Waals surface area contributed by atoms with Gasteiger partial charge in [-0.2, -0.15) is 18.3 Å². The summed E-state index contributed by atoms with van der Waals surface area (Å²) in [5.74, 6) is 0.674. The van der Waals surface area contributed by atoms with Crippen LogP contribution < -0.4 is 14.5 Å². The molecule has 3 aliphatic rings. The van der Waals surface area contributed by atoms with Gasteiger partial charge >= 0.3 is 6.18 Å². The number of benzene rings is 2. The molecule has 2 amide bonds. The van der Waals surface area contributed by atoms with Gasteiger partial charge in [0.15, 0.2) is 5.69 Å². The summed E-state index contributed by atoms with van der Waals surface area (Å²) in [6.07, 6.45) is -2.54. The van der Waals surface area contributed by atoms with E-state index in [1.54, 1.807) is 41.3 Å². The van der Waals surface area contributed by atoms with E-state index in [1.807, 2.05) is 17.0 Å². The van der Waals surface area contributed by atoms with Crippen LogP contribution in [-0.2, 0) is 17.4 Å². The van der Waals surface area contributed by atoms with Crippen molar-refractivity contribution in [1.29, 1.82) is 0 Å². The summed E-state index contributed by atoms with van der Waals surface area (Å²) in [7, 11) is 1.49. The Labute approximate surface area is 228 Å². The van der Waals surface area contributed by atoms with E-state index >= 15 is 0 Å². The third-order valence-corrected chi connectivity index (χ3v) is 7.42. The molecule has 6 rings (SSSR count). The van der Waals surface area contributed by atoms with Crippen molar-refractivity contribution in [2.24, 2.45) is 4.99 Å². The first-order valence-corrected chi connectivity index (χ1v) is 13.1. The highest BCUT2D eigenvalue weighted by Gasteiger charge is 2.43. The van der Waals surface area contributed by atoms with Crippen LogP contribution in [0.4, 0.5) is 24.5 Å². The summed E-state index contributed by atoms with van der Waals surface area (Å²) in [4.78, 5) is 35.9. The third kappa shape index (κ3) is 4.46. The Hall–Kier alpha value is -4.35. The van der Waals surface area contributed by atoms with E-state index in [0.717, 1.165) is 23.2 Å². The molecule has 40 heavy (non-hydrogen) atoms. The van der Waals surface area contributed by atoms with E-state index in [9.17, 15) is 22.8 Å². The maximum absolute atomic E-state index is 13.9. The van der Waals surface area contributed by atoms with Crippen LogP contribution in [0.1, 0.15) is 41.0 Å². The van der Waals surface area contributed by atoms with Gasteiger partial charge in [0.05, 0.1) is 12.8 Å². The van der Waals surface area contributed by atoms with Gasteiger partial charge in [0, 0.05) is 49.5 Å². The van der Waals surface area contributed by atoms with E-state index < -0.39 is 17.8 Å². The lowest BCUT2D eigenvalue weighted by atomic mass is 10.0. The number of alkyl halides is 3. The van der Waals surface area contributed by atoms with Gasteiger partial charge in [-0.3, -0.25) is 19.5 Å². The number of methoxy groups -OCH3 is 1. The minimum Gasteiger partial charge on any atom is -0.497 e. The van der Waals surface area contributed by atoms with Crippen molar-refractivity contribution in [3.63, 3.8) is 0 Å². The monoisotopic (exact) mass is 552 g/mol. The number of ether oxygens (including phenoxy) is 1. The number of aromatic nitrogens is 2. The topological polar surface area (TPSA) is 83.3 Å². The van der Waals surface area contributed by atoms with Gasteiger partial charge in [0.1, 0.15) is 11.4 Å². The summed E-state index contributed by atoms with van der Waals surface area (Å²) in [5, 5.41) is 3.85. The molecule has 3 aromatic rings. The molecule has 1 fully saturated rings. The predicted molar refractivity (Wildman–Crippen MR) is 142 cm³/mol. The Bertz CT molecular complexity index is 1480. The number of carbonyl (C=O) groups is 2. The molecule has 0 radical (unpaired) electrons. The van der Waals surface area contributed by atoms with E-state index in [4.69, 9.17) is 4.74 Å². The molecule has 2 aromatic carbocycles. The van der Waals surface area contributed by atoms with Crippen molar-refractivity contribution < 1.29 is 27.5 Å². The highest BCUT2D eigenvalue weighted by atomic mass is 19.4. The Balaban J connectivity index is 1.32. The SMILES string of the molecule is COc1ccc(-n2nc(C(F)(F)F)c3c2C(=O)N(c2ccc(N4CCCN=C4N4CCCC4=O)cc2)CC3)cc1. The van der Waals surface area contributed by atoms with Gasteiger partial charge in [0.2, 0.25) is 11.9 Å². The first kappa shape index (κ1) is 25.9. The Morgan fingerprint density at radius 2 is 1.45 bits per heavy atom. The van der Waals surface area contributed by atoms with Gasteiger partial charge < -0.3 is 14.5 Å². The number of amides is 2. The number of aliphatic imine (C=N–C) groups is 1. The maximum atomic E-state index is 13.9. The normalized spacial score (nSPS) is 17.8. The maximum Gasteiger partial charge on any atom is 0.435 e. The smallest absolute Gasteiger partial charge is 0.435 e. The summed E-state index contributed by atoms with van der Waals surface area (Å²) in [6.45, 7) is 2.08. The first-order valence-electron chi connectivity index (χ1n) is 13.1. The van der Waals surface area contributed by atoms with E-state index in [0.29, 0.717) is 49.1 Å². The number of guanidine groups is 1. The van der Waals surface area contributed by atoms with Crippen LogP contribution in [0.15, 0.2) is 53.5 Å². The van der Waals surface area contributed by atoms with Crippen LogP contribution in [0, 0.1) is 0 Å². The fourth-order valence-corrected chi connectivity index (χ4v) is 5.49. The van der Waals surface area contributed by atoms with Crippen LogP contribution in [-0.4, -0.2) is 65.7 Å². The van der Waals surface area contributed by atoms with Crippen LogP contribution in [0.3, 0.4) is 0 Å². The molecule has 208 valence electrons. The fraction of sp³-hybridized carbons (Fsp3) is 0.357. The van der Waals surface area contributed by atoms with Gasteiger partial charge in [-0.05, 0) is 67.8 Å². The average molecular weight is 553 g/mol. The molecule has 3 aliphatic heterocycles. The largest absolute Gasteiger partial charge is 0.497 e. The number of halogens is 3. The lowest BCUT2D eigenvalue weighted by Crippen LogP contribution is -2.48. The van der Waals surface area contributed by atoms with Crippen LogP contribution in [0.25, 0.3) is 5.69 Å². The first-order chi connectivity index (χ1) is 19.3. The Morgan fingerprint density at radius 1 is 0.800 bits per heavy atom. The fourth-order valence-electron chi connectivity index (χ4n) is 5.49. The molecule has 0 bridgehead atoms. The third-order valence-electron chi connectivity index (χ3n) is 7.42. The molecule has 9 nitrogen and oxygen atoms in total.